The first kappa shape index (κ1) is 9.63. The summed E-state index contributed by atoms with van der Waals surface area (Å²) in [6, 6.07) is 13.3. The topological polar surface area (TPSA) is 56.9 Å². The summed E-state index contributed by atoms with van der Waals surface area (Å²) in [6.45, 7) is 0. The van der Waals surface area contributed by atoms with Crippen molar-refractivity contribution in [2.24, 2.45) is 0 Å². The zero-order chi connectivity index (χ0) is 10.7. The van der Waals surface area contributed by atoms with Crippen LogP contribution in [0, 0.1) is 11.3 Å². The van der Waals surface area contributed by atoms with Crippen LogP contribution in [0.25, 0.3) is 10.9 Å². The molecule has 1 heterocycles. The molecule has 0 aliphatic heterocycles. The highest BCUT2D eigenvalue weighted by atomic mass is 16.3. The molecule has 0 spiro atoms. The van der Waals surface area contributed by atoms with Crippen molar-refractivity contribution < 1.29 is 5.11 Å². The minimum absolute atomic E-state index is 0.279. The number of nitrogens with zero attached hydrogens (tertiary/aromatic N) is 2. The first-order valence-electron chi connectivity index (χ1n) is 4.72. The Balaban J connectivity index is 2.35. The zero-order valence-electron chi connectivity index (χ0n) is 8.09. The average molecular weight is 198 g/mol. The Kier molecular flexibility index (Phi) is 2.61. The third-order valence-electron chi connectivity index (χ3n) is 2.21. The Morgan fingerprint density at radius 2 is 2.07 bits per heavy atom. The number of pyridine rings is 1. The van der Waals surface area contributed by atoms with Crippen molar-refractivity contribution in [3.05, 3.63) is 42.1 Å². The summed E-state index contributed by atoms with van der Waals surface area (Å²) in [5.74, 6) is 0. The summed E-state index contributed by atoms with van der Waals surface area (Å²) >= 11 is 0. The average Bonchev–Trinajstić information content (AvgIpc) is 2.29. The Labute approximate surface area is 87.6 Å². The van der Waals surface area contributed by atoms with Gasteiger partial charge in [-0.2, -0.15) is 5.26 Å². The number of fused-ring (bicyclic) bond motifs is 1. The molecule has 0 saturated heterocycles. The Hall–Kier alpha value is -1.92. The van der Waals surface area contributed by atoms with Crippen molar-refractivity contribution in [1.29, 1.82) is 5.26 Å². The standard InChI is InChI=1S/C12H10N2O/c13-8-11(15)7-10-6-5-9-3-1-2-4-12(9)14-10/h1-6,11,15H,7H2. The molecule has 2 rings (SSSR count). The first-order chi connectivity index (χ1) is 7.29. The maximum absolute atomic E-state index is 9.18. The van der Waals surface area contributed by atoms with E-state index in [-0.39, 0.29) is 6.42 Å². The van der Waals surface area contributed by atoms with Crippen LogP contribution in [0.1, 0.15) is 5.69 Å². The van der Waals surface area contributed by atoms with Gasteiger partial charge in [-0.05, 0) is 12.1 Å². The first-order valence-corrected chi connectivity index (χ1v) is 4.72. The van der Waals surface area contributed by atoms with Gasteiger partial charge in [-0.1, -0.05) is 24.3 Å². The summed E-state index contributed by atoms with van der Waals surface area (Å²) in [5, 5.41) is 18.7. The SMILES string of the molecule is N#CC(O)Cc1ccc2ccccc2n1. The lowest BCUT2D eigenvalue weighted by Gasteiger charge is -2.03. The highest BCUT2D eigenvalue weighted by Crippen LogP contribution is 2.12. The van der Waals surface area contributed by atoms with Crippen LogP contribution < -0.4 is 0 Å². The third kappa shape index (κ3) is 2.12. The lowest BCUT2D eigenvalue weighted by molar-refractivity contribution is 0.229. The van der Waals surface area contributed by atoms with Crippen LogP contribution in [-0.2, 0) is 6.42 Å². The molecular weight excluding hydrogens is 188 g/mol. The number of aliphatic hydroxyl groups is 1. The number of aromatic nitrogens is 1. The van der Waals surface area contributed by atoms with E-state index in [1.165, 1.54) is 0 Å². The fraction of sp³-hybridized carbons (Fsp3) is 0.167. The largest absolute Gasteiger partial charge is 0.378 e. The lowest BCUT2D eigenvalue weighted by atomic mass is 10.1. The Bertz CT molecular complexity index is 516. The molecule has 0 amide bonds. The van der Waals surface area contributed by atoms with Gasteiger partial charge in [0.25, 0.3) is 0 Å². The second kappa shape index (κ2) is 4.07. The van der Waals surface area contributed by atoms with Gasteiger partial charge >= 0.3 is 0 Å². The van der Waals surface area contributed by atoms with Gasteiger partial charge in [0, 0.05) is 17.5 Å². The number of para-hydroxylation sites is 1. The Morgan fingerprint density at radius 3 is 2.87 bits per heavy atom. The van der Waals surface area contributed by atoms with Gasteiger partial charge in [0.15, 0.2) is 0 Å². The maximum Gasteiger partial charge on any atom is 0.146 e. The van der Waals surface area contributed by atoms with Crippen LogP contribution in [0.5, 0.6) is 0 Å². The molecule has 0 fully saturated rings. The molecule has 1 atom stereocenters. The minimum atomic E-state index is -0.973. The third-order valence-corrected chi connectivity index (χ3v) is 2.21. The molecule has 2 aromatic rings. The molecule has 1 N–H and O–H groups in total. The van der Waals surface area contributed by atoms with E-state index in [9.17, 15) is 5.11 Å². The molecule has 1 unspecified atom stereocenters. The highest BCUT2D eigenvalue weighted by Gasteiger charge is 2.04. The van der Waals surface area contributed by atoms with Crippen molar-refractivity contribution >= 4 is 10.9 Å². The van der Waals surface area contributed by atoms with E-state index in [0.29, 0.717) is 0 Å². The maximum atomic E-state index is 9.18. The Morgan fingerprint density at radius 1 is 1.27 bits per heavy atom. The zero-order valence-corrected chi connectivity index (χ0v) is 8.09. The predicted octanol–water partition coefficient (Wildman–Crippen LogP) is 1.66. The van der Waals surface area contributed by atoms with Crippen LogP contribution in [0.15, 0.2) is 36.4 Å². The van der Waals surface area contributed by atoms with E-state index in [2.05, 4.69) is 4.98 Å². The number of nitriles is 1. The van der Waals surface area contributed by atoms with E-state index < -0.39 is 6.10 Å². The number of benzene rings is 1. The number of hydrogen-bond donors (Lipinski definition) is 1. The normalized spacial score (nSPS) is 12.3. The van der Waals surface area contributed by atoms with Crippen molar-refractivity contribution in [3.8, 4) is 6.07 Å². The van der Waals surface area contributed by atoms with Gasteiger partial charge in [-0.25, -0.2) is 0 Å². The number of hydrogen-bond acceptors (Lipinski definition) is 3. The van der Waals surface area contributed by atoms with Crippen LogP contribution in [-0.4, -0.2) is 16.2 Å². The fourth-order valence-electron chi connectivity index (χ4n) is 1.47. The molecule has 0 aliphatic carbocycles. The van der Waals surface area contributed by atoms with Gasteiger partial charge < -0.3 is 5.11 Å². The van der Waals surface area contributed by atoms with E-state index in [1.807, 2.05) is 36.4 Å². The van der Waals surface area contributed by atoms with Crippen LogP contribution in [0.3, 0.4) is 0 Å². The highest BCUT2D eigenvalue weighted by molar-refractivity contribution is 5.78. The molecule has 0 bridgehead atoms. The molecule has 1 aromatic heterocycles. The molecule has 3 heteroatoms. The molecule has 0 saturated carbocycles. The monoisotopic (exact) mass is 198 g/mol. The van der Waals surface area contributed by atoms with E-state index in [1.54, 1.807) is 6.07 Å². The summed E-state index contributed by atoms with van der Waals surface area (Å²) in [6.07, 6.45) is -0.694. The smallest absolute Gasteiger partial charge is 0.146 e. The van der Waals surface area contributed by atoms with Crippen molar-refractivity contribution in [3.63, 3.8) is 0 Å². The van der Waals surface area contributed by atoms with Gasteiger partial charge in [0.1, 0.15) is 6.10 Å². The molecule has 15 heavy (non-hydrogen) atoms. The summed E-state index contributed by atoms with van der Waals surface area (Å²) in [5.41, 5.74) is 1.63. The second-order valence-electron chi connectivity index (χ2n) is 3.34. The van der Waals surface area contributed by atoms with Crippen LogP contribution in [0.2, 0.25) is 0 Å². The van der Waals surface area contributed by atoms with Gasteiger partial charge in [0.05, 0.1) is 11.6 Å². The summed E-state index contributed by atoms with van der Waals surface area (Å²) < 4.78 is 0. The van der Waals surface area contributed by atoms with E-state index >= 15 is 0 Å². The van der Waals surface area contributed by atoms with E-state index in [0.717, 1.165) is 16.6 Å². The number of rotatable bonds is 2. The fourth-order valence-corrected chi connectivity index (χ4v) is 1.47. The quantitative estimate of drug-likeness (QED) is 0.746. The minimum Gasteiger partial charge on any atom is -0.378 e. The molecular formula is C12H10N2O. The molecule has 0 aliphatic rings. The van der Waals surface area contributed by atoms with Gasteiger partial charge in [0.2, 0.25) is 0 Å². The second-order valence-corrected chi connectivity index (χ2v) is 3.34. The molecule has 74 valence electrons. The van der Waals surface area contributed by atoms with Gasteiger partial charge in [-0.3, -0.25) is 4.98 Å². The predicted molar refractivity (Wildman–Crippen MR) is 57.1 cm³/mol. The van der Waals surface area contributed by atoms with Crippen molar-refractivity contribution in [1.82, 2.24) is 4.98 Å². The summed E-state index contributed by atoms with van der Waals surface area (Å²) in [4.78, 5) is 4.35. The van der Waals surface area contributed by atoms with Crippen LogP contribution >= 0.6 is 0 Å². The van der Waals surface area contributed by atoms with Gasteiger partial charge in [-0.15, -0.1) is 0 Å². The summed E-state index contributed by atoms with van der Waals surface area (Å²) in [7, 11) is 0. The molecule has 3 nitrogen and oxygen atoms in total. The van der Waals surface area contributed by atoms with Crippen molar-refractivity contribution in [2.75, 3.05) is 0 Å². The lowest BCUT2D eigenvalue weighted by Crippen LogP contribution is -2.08. The molecule has 0 radical (unpaired) electrons. The molecule has 1 aromatic carbocycles. The van der Waals surface area contributed by atoms with Crippen molar-refractivity contribution in [2.45, 2.75) is 12.5 Å². The van der Waals surface area contributed by atoms with Crippen LogP contribution in [0.4, 0.5) is 0 Å². The van der Waals surface area contributed by atoms with E-state index in [4.69, 9.17) is 5.26 Å². The number of aliphatic hydroxyl groups excluding tert-OH is 1.